The summed E-state index contributed by atoms with van der Waals surface area (Å²) in [5.74, 6) is 1.52. The Balaban J connectivity index is 1.50. The van der Waals surface area contributed by atoms with Gasteiger partial charge in [-0.2, -0.15) is 0 Å². The van der Waals surface area contributed by atoms with Gasteiger partial charge >= 0.3 is 212 Å². The first-order valence-corrected chi connectivity index (χ1v) is 19.2. The van der Waals surface area contributed by atoms with Crippen LogP contribution < -0.4 is 15.0 Å². The van der Waals surface area contributed by atoms with Crippen LogP contribution in [0.5, 0.6) is 11.5 Å². The molecular weight excluding hydrogens is 571 g/mol. The number of para-hydroxylation sites is 1. The summed E-state index contributed by atoms with van der Waals surface area (Å²) in [5, 5.41) is 0.671. The molecule has 0 spiro atoms. The molecule has 0 aliphatic carbocycles. The number of benzene rings is 4. The summed E-state index contributed by atoms with van der Waals surface area (Å²) in [4.78, 5) is 9.26. The number of halogens is 1. The summed E-state index contributed by atoms with van der Waals surface area (Å²) in [7, 11) is 9.07. The van der Waals surface area contributed by atoms with E-state index in [1.807, 2.05) is 78.9 Å². The molecule has 0 saturated carbocycles. The molecule has 1 heterocycles. The first-order chi connectivity index (χ1) is 16.7. The van der Waals surface area contributed by atoms with E-state index in [1.165, 1.54) is 11.3 Å². The zero-order valence-electron chi connectivity index (χ0n) is 18.4. The van der Waals surface area contributed by atoms with Crippen molar-refractivity contribution < 1.29 is 7.81 Å². The van der Waals surface area contributed by atoms with Crippen LogP contribution in [0.2, 0.25) is 0 Å². The number of hydrogen-bond donors (Lipinski definition) is 0. The van der Waals surface area contributed by atoms with Gasteiger partial charge in [0.1, 0.15) is 0 Å². The van der Waals surface area contributed by atoms with Crippen LogP contribution in [0.3, 0.4) is 0 Å². The van der Waals surface area contributed by atoms with Gasteiger partial charge in [0.2, 0.25) is 0 Å². The standard InChI is InChI=1S/C15H12N2O2S.2C6H5.ClH.Sn/c1-19-11-6-7-12-14(8-11)20-15(17-12)16-9-10-4-2-3-5-13(10)18;2*1-2-4-6-5-3-1;;/h2-9,18H,1H3;2*1-5H;1H;/q;;;;+2/p-2. The Hall–Kier alpha value is -2.87. The monoisotopic (exact) mass is 592 g/mol. The maximum atomic E-state index is 7.42. The van der Waals surface area contributed by atoms with Gasteiger partial charge in [-0.3, -0.25) is 0 Å². The van der Waals surface area contributed by atoms with Crippen LogP contribution >= 0.6 is 20.3 Å². The number of fused-ring (bicyclic) bond motifs is 1. The molecule has 0 unspecified atom stereocenters. The zero-order valence-corrected chi connectivity index (χ0v) is 22.8. The Bertz CT molecular complexity index is 1400. The van der Waals surface area contributed by atoms with Gasteiger partial charge in [-0.05, 0) is 0 Å². The molecule has 0 aliphatic heterocycles. The summed E-state index contributed by atoms with van der Waals surface area (Å²) in [6.45, 7) is 0. The Morgan fingerprint density at radius 2 is 1.50 bits per heavy atom. The van der Waals surface area contributed by atoms with Gasteiger partial charge in [0.15, 0.2) is 0 Å². The molecule has 168 valence electrons. The Morgan fingerprint density at radius 3 is 2.18 bits per heavy atom. The van der Waals surface area contributed by atoms with E-state index in [-0.39, 0.29) is 0 Å². The quantitative estimate of drug-likeness (QED) is 0.174. The second kappa shape index (κ2) is 10.2. The third-order valence-electron chi connectivity index (χ3n) is 5.36. The number of methoxy groups -OCH3 is 1. The summed E-state index contributed by atoms with van der Waals surface area (Å²) < 4.78 is 15.2. The molecular formula is C27H21ClN2O2SSn. The molecule has 0 bridgehead atoms. The first-order valence-electron chi connectivity index (χ1n) is 10.7. The number of ether oxygens (including phenoxy) is 1. The van der Waals surface area contributed by atoms with Crippen molar-refractivity contribution in [2.24, 2.45) is 4.99 Å². The second-order valence-corrected chi connectivity index (χ2v) is 19.4. The van der Waals surface area contributed by atoms with E-state index in [4.69, 9.17) is 16.7 Å². The fraction of sp³-hybridized carbons (Fsp3) is 0.0370. The van der Waals surface area contributed by atoms with E-state index in [2.05, 4.69) is 34.2 Å². The number of hydrogen-bond acceptors (Lipinski definition) is 5. The van der Waals surface area contributed by atoms with E-state index in [0.29, 0.717) is 10.9 Å². The average molecular weight is 592 g/mol. The summed E-state index contributed by atoms with van der Waals surface area (Å²) in [6.07, 6.45) is 1.80. The molecule has 5 rings (SSSR count). The van der Waals surface area contributed by atoms with Crippen LogP contribution in [0.4, 0.5) is 5.13 Å². The van der Waals surface area contributed by atoms with Crippen molar-refractivity contribution in [1.29, 1.82) is 0 Å². The average Bonchev–Trinajstić information content (AvgIpc) is 3.31. The number of nitrogens with zero attached hydrogens (tertiary/aromatic N) is 2. The van der Waals surface area contributed by atoms with Crippen molar-refractivity contribution in [2.45, 2.75) is 0 Å². The molecule has 7 heteroatoms. The van der Waals surface area contributed by atoms with Crippen LogP contribution in [-0.2, 0) is 0 Å². The van der Waals surface area contributed by atoms with E-state index >= 15 is 0 Å². The Labute approximate surface area is 210 Å². The molecule has 5 aromatic rings. The predicted molar refractivity (Wildman–Crippen MR) is 144 cm³/mol. The maximum absolute atomic E-state index is 7.42. The van der Waals surface area contributed by atoms with Crippen molar-refractivity contribution in [3.63, 3.8) is 0 Å². The van der Waals surface area contributed by atoms with E-state index in [9.17, 15) is 0 Å². The van der Waals surface area contributed by atoms with Gasteiger partial charge in [0, 0.05) is 0 Å². The van der Waals surface area contributed by atoms with Crippen molar-refractivity contribution in [1.82, 2.24) is 4.98 Å². The van der Waals surface area contributed by atoms with Crippen molar-refractivity contribution in [3.8, 4) is 11.5 Å². The molecule has 34 heavy (non-hydrogen) atoms. The van der Waals surface area contributed by atoms with E-state index < -0.39 is 17.7 Å². The molecule has 0 saturated heterocycles. The fourth-order valence-electron chi connectivity index (χ4n) is 3.62. The van der Waals surface area contributed by atoms with Gasteiger partial charge in [0.05, 0.1) is 0 Å². The van der Waals surface area contributed by atoms with Gasteiger partial charge < -0.3 is 0 Å². The predicted octanol–water partition coefficient (Wildman–Crippen LogP) is 5.93. The minimum absolute atomic E-state index is 0.671. The number of thiazole rings is 1. The topological polar surface area (TPSA) is 43.7 Å². The summed E-state index contributed by atoms with van der Waals surface area (Å²) in [5.41, 5.74) is 1.75. The van der Waals surface area contributed by atoms with Crippen molar-refractivity contribution in [2.75, 3.05) is 7.11 Å². The number of aliphatic imine (C=N–C) groups is 1. The van der Waals surface area contributed by atoms with Crippen LogP contribution in [0.1, 0.15) is 5.56 Å². The molecule has 0 N–H and O–H groups in total. The molecule has 0 fully saturated rings. The molecule has 1 aromatic heterocycles. The molecule has 0 radical (unpaired) electrons. The SMILES string of the molecule is COc1ccc2nc(N=Cc3ccccc3[O][Sn]([Cl])([c]3ccccc3)[c]3ccccc3)sc2c1. The molecule has 0 aliphatic rings. The Kier molecular flexibility index (Phi) is 6.85. The van der Waals surface area contributed by atoms with Crippen LogP contribution in [0.25, 0.3) is 10.2 Å². The number of aromatic nitrogens is 1. The molecule has 4 aromatic carbocycles. The molecule has 0 amide bonds. The van der Waals surface area contributed by atoms with Gasteiger partial charge in [-0.1, -0.05) is 0 Å². The van der Waals surface area contributed by atoms with Crippen LogP contribution in [0.15, 0.2) is 108 Å². The zero-order chi connectivity index (χ0) is 23.4. The molecule has 4 nitrogen and oxygen atoms in total. The van der Waals surface area contributed by atoms with E-state index in [0.717, 1.165) is 28.7 Å². The summed E-state index contributed by atoms with van der Waals surface area (Å²) >= 11 is -2.46. The molecule has 0 atom stereocenters. The minimum atomic E-state index is -3.98. The normalized spacial score (nSPS) is 11.7. The van der Waals surface area contributed by atoms with Crippen molar-refractivity contribution in [3.05, 3.63) is 109 Å². The van der Waals surface area contributed by atoms with E-state index in [1.54, 1.807) is 13.3 Å². The first kappa shape index (κ1) is 22.9. The second-order valence-electron chi connectivity index (χ2n) is 7.56. The Morgan fingerprint density at radius 1 is 0.853 bits per heavy atom. The van der Waals surface area contributed by atoms with Gasteiger partial charge in [-0.15, -0.1) is 0 Å². The third-order valence-corrected chi connectivity index (χ3v) is 17.3. The fourth-order valence-corrected chi connectivity index (χ4v) is 13.3. The summed E-state index contributed by atoms with van der Waals surface area (Å²) in [6, 6.07) is 33.9. The van der Waals surface area contributed by atoms with Crippen LogP contribution in [0, 0.1) is 0 Å². The number of rotatable bonds is 7. The van der Waals surface area contributed by atoms with Crippen LogP contribution in [-0.4, -0.2) is 36.0 Å². The van der Waals surface area contributed by atoms with Gasteiger partial charge in [-0.25, -0.2) is 0 Å². The third kappa shape index (κ3) is 4.82. The van der Waals surface area contributed by atoms with Gasteiger partial charge in [0.25, 0.3) is 0 Å². The van der Waals surface area contributed by atoms with Crippen molar-refractivity contribution >= 4 is 66.6 Å².